The van der Waals surface area contributed by atoms with E-state index >= 15 is 0 Å². The van der Waals surface area contributed by atoms with Crippen LogP contribution in [0.25, 0.3) is 11.1 Å². The first-order valence-electron chi connectivity index (χ1n) is 3.49. The molecule has 62 valence electrons. The summed E-state index contributed by atoms with van der Waals surface area (Å²) in [6, 6.07) is 2.79. The summed E-state index contributed by atoms with van der Waals surface area (Å²) in [4.78, 5) is 3.95. The number of halogens is 1. The van der Waals surface area contributed by atoms with Gasteiger partial charge in [-0.3, -0.25) is 0 Å². The number of aryl methyl sites for hydroxylation is 1. The Balaban J connectivity index is 2.88. The Hall–Kier alpha value is -1.58. The summed E-state index contributed by atoms with van der Waals surface area (Å²) in [5, 5.41) is 0. The Bertz CT molecular complexity index is 436. The second-order valence-electron chi connectivity index (χ2n) is 2.58. The monoisotopic (exact) mass is 166 g/mol. The largest absolute Gasteiger partial charge is 0.438 e. The van der Waals surface area contributed by atoms with Crippen LogP contribution in [0.2, 0.25) is 0 Å². The molecular weight excluding hydrogens is 159 g/mol. The number of benzene rings is 1. The zero-order valence-corrected chi connectivity index (χ0v) is 6.47. The number of hydrogen-bond donors (Lipinski definition) is 1. The highest BCUT2D eigenvalue weighted by Crippen LogP contribution is 2.21. The van der Waals surface area contributed by atoms with E-state index in [1.54, 1.807) is 13.0 Å². The average molecular weight is 166 g/mol. The van der Waals surface area contributed by atoms with E-state index in [9.17, 15) is 4.39 Å². The van der Waals surface area contributed by atoms with Crippen molar-refractivity contribution < 1.29 is 8.81 Å². The number of nitrogen functional groups attached to an aromatic ring is 1. The smallest absolute Gasteiger partial charge is 0.192 e. The van der Waals surface area contributed by atoms with Gasteiger partial charge in [-0.1, -0.05) is 0 Å². The van der Waals surface area contributed by atoms with Gasteiger partial charge in [-0.25, -0.2) is 9.37 Å². The number of nitrogens with zero attached hydrogens (tertiary/aromatic N) is 1. The van der Waals surface area contributed by atoms with Gasteiger partial charge in [0.05, 0.1) is 0 Å². The van der Waals surface area contributed by atoms with Crippen molar-refractivity contribution >= 4 is 16.8 Å². The van der Waals surface area contributed by atoms with Crippen molar-refractivity contribution in [2.75, 3.05) is 5.73 Å². The van der Waals surface area contributed by atoms with E-state index in [1.807, 2.05) is 0 Å². The third-order valence-electron chi connectivity index (χ3n) is 1.57. The molecule has 0 saturated carbocycles. The minimum Gasteiger partial charge on any atom is -0.438 e. The standard InChI is InChI=1S/C8H7FN2O/c1-4-11-7-3-5(10)2-6(9)8(7)12-4/h2-3H,10H2,1H3. The lowest BCUT2D eigenvalue weighted by atomic mass is 10.3. The molecule has 3 nitrogen and oxygen atoms in total. The fourth-order valence-corrected chi connectivity index (χ4v) is 1.12. The number of fused-ring (bicyclic) bond motifs is 1. The number of aromatic nitrogens is 1. The number of rotatable bonds is 0. The van der Waals surface area contributed by atoms with Gasteiger partial charge >= 0.3 is 0 Å². The lowest BCUT2D eigenvalue weighted by molar-refractivity contribution is 0.528. The highest BCUT2D eigenvalue weighted by molar-refractivity contribution is 5.77. The molecule has 0 aliphatic rings. The lowest BCUT2D eigenvalue weighted by Gasteiger charge is -1.91. The van der Waals surface area contributed by atoms with Gasteiger partial charge in [-0.05, 0) is 6.07 Å². The van der Waals surface area contributed by atoms with Crippen molar-refractivity contribution in [1.29, 1.82) is 0 Å². The fourth-order valence-electron chi connectivity index (χ4n) is 1.12. The highest BCUT2D eigenvalue weighted by Gasteiger charge is 2.08. The van der Waals surface area contributed by atoms with Crippen LogP contribution in [0.4, 0.5) is 10.1 Å². The molecule has 0 fully saturated rings. The van der Waals surface area contributed by atoms with Gasteiger partial charge in [0.2, 0.25) is 0 Å². The van der Waals surface area contributed by atoms with Gasteiger partial charge in [-0.2, -0.15) is 0 Å². The molecule has 0 aliphatic heterocycles. The number of anilines is 1. The van der Waals surface area contributed by atoms with Crippen LogP contribution in [0.5, 0.6) is 0 Å². The maximum absolute atomic E-state index is 13.0. The van der Waals surface area contributed by atoms with Gasteiger partial charge in [0.25, 0.3) is 0 Å². The average Bonchev–Trinajstić information content (AvgIpc) is 2.29. The summed E-state index contributed by atoms with van der Waals surface area (Å²) in [5.41, 5.74) is 6.40. The molecule has 4 heteroatoms. The van der Waals surface area contributed by atoms with E-state index in [0.717, 1.165) is 0 Å². The summed E-state index contributed by atoms with van der Waals surface area (Å²) in [7, 11) is 0. The molecular formula is C8H7FN2O. The van der Waals surface area contributed by atoms with Crippen molar-refractivity contribution in [3.63, 3.8) is 0 Å². The van der Waals surface area contributed by atoms with E-state index in [-0.39, 0.29) is 5.58 Å². The first kappa shape index (κ1) is 7.09. The molecule has 2 N–H and O–H groups in total. The molecule has 2 aromatic rings. The summed E-state index contributed by atoms with van der Waals surface area (Å²) >= 11 is 0. The maximum Gasteiger partial charge on any atom is 0.192 e. The van der Waals surface area contributed by atoms with Crippen LogP contribution in [0.15, 0.2) is 16.5 Å². The van der Waals surface area contributed by atoms with Crippen LogP contribution in [0.3, 0.4) is 0 Å². The maximum atomic E-state index is 13.0. The molecule has 0 bridgehead atoms. The first-order valence-corrected chi connectivity index (χ1v) is 3.49. The molecule has 1 heterocycles. The van der Waals surface area contributed by atoms with Gasteiger partial charge in [-0.15, -0.1) is 0 Å². The molecule has 1 aromatic carbocycles. The SMILES string of the molecule is Cc1nc2cc(N)cc(F)c2o1. The Kier molecular flexibility index (Phi) is 1.30. The van der Waals surface area contributed by atoms with Crippen molar-refractivity contribution in [2.24, 2.45) is 0 Å². The summed E-state index contributed by atoms with van der Waals surface area (Å²) in [5.74, 6) is -0.0277. The second kappa shape index (κ2) is 2.20. The molecule has 0 amide bonds. The predicted octanol–water partition coefficient (Wildman–Crippen LogP) is 1.86. The van der Waals surface area contributed by atoms with E-state index in [1.165, 1.54) is 6.07 Å². The molecule has 1 aromatic heterocycles. The normalized spacial score (nSPS) is 10.8. The summed E-state index contributed by atoms with van der Waals surface area (Å²) in [6.45, 7) is 1.66. The summed E-state index contributed by atoms with van der Waals surface area (Å²) < 4.78 is 18.1. The summed E-state index contributed by atoms with van der Waals surface area (Å²) in [6.07, 6.45) is 0. The molecule has 0 unspecified atom stereocenters. The first-order chi connectivity index (χ1) is 5.66. The van der Waals surface area contributed by atoms with Crippen molar-refractivity contribution in [3.05, 3.63) is 23.8 Å². The van der Waals surface area contributed by atoms with E-state index in [0.29, 0.717) is 17.1 Å². The molecule has 0 atom stereocenters. The Labute approximate surface area is 68.0 Å². The van der Waals surface area contributed by atoms with Gasteiger partial charge < -0.3 is 10.2 Å². The van der Waals surface area contributed by atoms with Crippen LogP contribution in [0.1, 0.15) is 5.89 Å². The van der Waals surface area contributed by atoms with Crippen LogP contribution in [-0.2, 0) is 0 Å². The molecule has 2 rings (SSSR count). The zero-order valence-electron chi connectivity index (χ0n) is 6.47. The second-order valence-corrected chi connectivity index (χ2v) is 2.58. The zero-order chi connectivity index (χ0) is 8.72. The van der Waals surface area contributed by atoms with E-state index in [2.05, 4.69) is 4.98 Å². The van der Waals surface area contributed by atoms with Crippen molar-refractivity contribution in [1.82, 2.24) is 4.98 Å². The van der Waals surface area contributed by atoms with Gasteiger partial charge in [0.1, 0.15) is 5.52 Å². The van der Waals surface area contributed by atoms with Crippen LogP contribution < -0.4 is 5.73 Å². The Morgan fingerprint density at radius 3 is 3.00 bits per heavy atom. The number of hydrogen-bond acceptors (Lipinski definition) is 3. The van der Waals surface area contributed by atoms with Crippen LogP contribution >= 0.6 is 0 Å². The highest BCUT2D eigenvalue weighted by atomic mass is 19.1. The molecule has 0 saturated heterocycles. The minimum atomic E-state index is -0.467. The number of nitrogens with two attached hydrogens (primary N) is 1. The topological polar surface area (TPSA) is 52.0 Å². The van der Waals surface area contributed by atoms with Crippen LogP contribution in [-0.4, -0.2) is 4.98 Å². The molecule has 12 heavy (non-hydrogen) atoms. The van der Waals surface area contributed by atoms with Gasteiger partial charge in [0, 0.05) is 18.7 Å². The quantitative estimate of drug-likeness (QED) is 0.607. The van der Waals surface area contributed by atoms with Crippen molar-refractivity contribution in [3.8, 4) is 0 Å². The third kappa shape index (κ3) is 0.922. The Morgan fingerprint density at radius 2 is 2.25 bits per heavy atom. The van der Waals surface area contributed by atoms with Gasteiger partial charge in [0.15, 0.2) is 17.3 Å². The van der Waals surface area contributed by atoms with Crippen molar-refractivity contribution in [2.45, 2.75) is 6.92 Å². The lowest BCUT2D eigenvalue weighted by Crippen LogP contribution is -1.86. The molecule has 0 spiro atoms. The Morgan fingerprint density at radius 1 is 1.50 bits per heavy atom. The predicted molar refractivity (Wildman–Crippen MR) is 43.1 cm³/mol. The molecule has 0 aliphatic carbocycles. The van der Waals surface area contributed by atoms with E-state index in [4.69, 9.17) is 10.2 Å². The third-order valence-corrected chi connectivity index (χ3v) is 1.57. The van der Waals surface area contributed by atoms with Crippen LogP contribution in [0, 0.1) is 12.7 Å². The minimum absolute atomic E-state index is 0.168. The molecule has 0 radical (unpaired) electrons. The number of oxazole rings is 1. The fraction of sp³-hybridized carbons (Fsp3) is 0.125. The van der Waals surface area contributed by atoms with E-state index < -0.39 is 5.82 Å².